The van der Waals surface area contributed by atoms with E-state index in [4.69, 9.17) is 5.73 Å². The maximum atomic E-state index is 12.3. The molecule has 0 unspecified atom stereocenters. The first-order valence-electron chi connectivity index (χ1n) is 8.57. The third-order valence-corrected chi connectivity index (χ3v) is 4.92. The van der Waals surface area contributed by atoms with Gasteiger partial charge in [0.1, 0.15) is 0 Å². The van der Waals surface area contributed by atoms with Crippen LogP contribution in [0.2, 0.25) is 0 Å². The monoisotopic (exact) mass is 356 g/mol. The fraction of sp³-hybridized carbons (Fsp3) is 0.588. The maximum Gasteiger partial charge on any atom is 0.390 e. The zero-order valence-electron chi connectivity index (χ0n) is 14.0. The van der Waals surface area contributed by atoms with E-state index in [1.54, 1.807) is 4.90 Å². The van der Waals surface area contributed by atoms with E-state index in [0.29, 0.717) is 19.6 Å². The number of carbonyl (C=O) groups excluding carboxylic acids is 1. The van der Waals surface area contributed by atoms with Crippen LogP contribution in [0.3, 0.4) is 0 Å². The van der Waals surface area contributed by atoms with Crippen molar-refractivity contribution in [2.75, 3.05) is 36.4 Å². The molecule has 25 heavy (non-hydrogen) atoms. The Hall–Kier alpha value is -1.96. The van der Waals surface area contributed by atoms with Crippen molar-refractivity contribution < 1.29 is 18.0 Å². The Bertz CT molecular complexity index is 627. The Labute approximate surface area is 145 Å². The van der Waals surface area contributed by atoms with Crippen LogP contribution in [0.4, 0.5) is 29.3 Å². The molecule has 2 aliphatic heterocycles. The van der Waals surface area contributed by atoms with Gasteiger partial charge in [-0.1, -0.05) is 6.07 Å². The topological polar surface area (TPSA) is 61.6 Å². The average molecular weight is 356 g/mol. The molecule has 0 aliphatic carbocycles. The van der Waals surface area contributed by atoms with Gasteiger partial charge in [-0.2, -0.15) is 13.2 Å². The van der Waals surface area contributed by atoms with Gasteiger partial charge in [0.05, 0.1) is 12.1 Å². The summed E-state index contributed by atoms with van der Waals surface area (Å²) in [4.78, 5) is 14.9. The highest BCUT2D eigenvalue weighted by molar-refractivity contribution is 5.93. The lowest BCUT2D eigenvalue weighted by Gasteiger charge is -2.33. The standard InChI is InChI=1S/C17H23F3N4O/c18-17(19,20)6-10-23-7-4-13(5-8-23)22-14-2-1-12-3-9-24(16(21)25)15(12)11-14/h1-2,11,13,22H,3-10H2,(H2,21,25). The summed E-state index contributed by atoms with van der Waals surface area (Å²) in [5.74, 6) is 0. The summed E-state index contributed by atoms with van der Waals surface area (Å²) in [6, 6.07) is 5.69. The van der Waals surface area contributed by atoms with Crippen molar-refractivity contribution in [3.8, 4) is 0 Å². The van der Waals surface area contributed by atoms with Crippen LogP contribution in [0.25, 0.3) is 0 Å². The largest absolute Gasteiger partial charge is 0.390 e. The van der Waals surface area contributed by atoms with Crippen LogP contribution in [-0.4, -0.2) is 49.3 Å². The van der Waals surface area contributed by atoms with Crippen LogP contribution < -0.4 is 16.0 Å². The predicted molar refractivity (Wildman–Crippen MR) is 90.8 cm³/mol. The number of halogens is 3. The minimum absolute atomic E-state index is 0.0721. The van der Waals surface area contributed by atoms with Gasteiger partial charge in [-0.3, -0.25) is 4.90 Å². The van der Waals surface area contributed by atoms with Gasteiger partial charge in [-0.05, 0) is 37.0 Å². The van der Waals surface area contributed by atoms with Crippen molar-refractivity contribution in [3.05, 3.63) is 23.8 Å². The van der Waals surface area contributed by atoms with Gasteiger partial charge in [-0.25, -0.2) is 4.79 Å². The second kappa shape index (κ2) is 7.11. The Morgan fingerprint density at radius 2 is 1.96 bits per heavy atom. The molecule has 0 atom stereocenters. The molecule has 0 bridgehead atoms. The van der Waals surface area contributed by atoms with Crippen molar-refractivity contribution in [2.45, 2.75) is 37.9 Å². The van der Waals surface area contributed by atoms with Crippen molar-refractivity contribution in [1.82, 2.24) is 4.90 Å². The third kappa shape index (κ3) is 4.56. The molecule has 1 saturated heterocycles. The summed E-state index contributed by atoms with van der Waals surface area (Å²) in [6.45, 7) is 1.99. The van der Waals surface area contributed by atoms with E-state index in [2.05, 4.69) is 5.32 Å². The molecule has 2 aliphatic rings. The van der Waals surface area contributed by atoms with Gasteiger partial charge in [0, 0.05) is 37.9 Å². The minimum Gasteiger partial charge on any atom is -0.382 e. The number of nitrogens with one attached hydrogen (secondary N) is 1. The van der Waals surface area contributed by atoms with E-state index in [-0.39, 0.29) is 12.6 Å². The molecule has 0 aromatic heterocycles. The first-order chi connectivity index (χ1) is 11.8. The van der Waals surface area contributed by atoms with Crippen LogP contribution in [0.15, 0.2) is 18.2 Å². The lowest BCUT2D eigenvalue weighted by Crippen LogP contribution is -2.40. The number of fused-ring (bicyclic) bond motifs is 1. The average Bonchev–Trinajstić information content (AvgIpc) is 2.97. The van der Waals surface area contributed by atoms with Crippen LogP contribution in [-0.2, 0) is 6.42 Å². The predicted octanol–water partition coefficient (Wildman–Crippen LogP) is 2.96. The molecule has 5 nitrogen and oxygen atoms in total. The van der Waals surface area contributed by atoms with E-state index in [9.17, 15) is 18.0 Å². The van der Waals surface area contributed by atoms with Gasteiger partial charge in [0.2, 0.25) is 0 Å². The highest BCUT2D eigenvalue weighted by Gasteiger charge is 2.29. The third-order valence-electron chi connectivity index (χ3n) is 4.92. The summed E-state index contributed by atoms with van der Waals surface area (Å²) in [7, 11) is 0. The molecule has 0 saturated carbocycles. The number of nitrogens with zero attached hydrogens (tertiary/aromatic N) is 2. The Morgan fingerprint density at radius 3 is 2.60 bits per heavy atom. The number of nitrogens with two attached hydrogens (primary N) is 1. The lowest BCUT2D eigenvalue weighted by atomic mass is 10.0. The highest BCUT2D eigenvalue weighted by Crippen LogP contribution is 2.31. The van der Waals surface area contributed by atoms with E-state index >= 15 is 0 Å². The molecule has 1 aromatic rings. The summed E-state index contributed by atoms with van der Waals surface area (Å²) < 4.78 is 36.9. The van der Waals surface area contributed by atoms with Crippen molar-refractivity contribution >= 4 is 17.4 Å². The fourth-order valence-corrected chi connectivity index (χ4v) is 3.52. The van der Waals surface area contributed by atoms with Crippen LogP contribution >= 0.6 is 0 Å². The molecular formula is C17H23F3N4O. The van der Waals surface area contributed by atoms with Gasteiger partial charge in [-0.15, -0.1) is 0 Å². The molecule has 1 aromatic carbocycles. The number of benzene rings is 1. The first kappa shape index (κ1) is 17.8. The normalized spacial score (nSPS) is 19.1. The van der Waals surface area contributed by atoms with E-state index in [1.165, 1.54) is 0 Å². The Kier molecular flexibility index (Phi) is 5.08. The zero-order chi connectivity index (χ0) is 18.0. The molecule has 3 rings (SSSR count). The molecule has 1 fully saturated rings. The summed E-state index contributed by atoms with van der Waals surface area (Å²) in [5.41, 5.74) is 8.27. The number of primary amides is 1. The number of alkyl halides is 3. The number of urea groups is 1. The number of piperidine rings is 1. The molecular weight excluding hydrogens is 333 g/mol. The quantitative estimate of drug-likeness (QED) is 0.872. The van der Waals surface area contributed by atoms with Crippen LogP contribution in [0.5, 0.6) is 0 Å². The van der Waals surface area contributed by atoms with Gasteiger partial charge in [0.15, 0.2) is 0 Å². The SMILES string of the molecule is NC(=O)N1CCc2ccc(NC3CCN(CCC(F)(F)F)CC3)cc21. The van der Waals surface area contributed by atoms with Crippen LogP contribution in [0, 0.1) is 0 Å². The number of hydrogen-bond acceptors (Lipinski definition) is 3. The van der Waals surface area contributed by atoms with Crippen molar-refractivity contribution in [1.29, 1.82) is 0 Å². The van der Waals surface area contributed by atoms with Crippen molar-refractivity contribution in [3.63, 3.8) is 0 Å². The summed E-state index contributed by atoms with van der Waals surface area (Å²) >= 11 is 0. The van der Waals surface area contributed by atoms with E-state index in [0.717, 1.165) is 36.2 Å². The van der Waals surface area contributed by atoms with Crippen molar-refractivity contribution in [2.24, 2.45) is 5.73 Å². The highest BCUT2D eigenvalue weighted by atomic mass is 19.4. The van der Waals surface area contributed by atoms with E-state index in [1.807, 2.05) is 23.1 Å². The minimum atomic E-state index is -4.09. The number of anilines is 2. The molecule has 3 N–H and O–H groups in total. The second-order valence-electron chi connectivity index (χ2n) is 6.71. The molecule has 8 heteroatoms. The second-order valence-corrected chi connectivity index (χ2v) is 6.71. The van der Waals surface area contributed by atoms with Gasteiger partial charge < -0.3 is 16.0 Å². The number of likely N-dealkylation sites (tertiary alicyclic amines) is 1. The number of hydrogen-bond donors (Lipinski definition) is 2. The van der Waals surface area contributed by atoms with Gasteiger partial charge >= 0.3 is 12.2 Å². The Morgan fingerprint density at radius 1 is 1.24 bits per heavy atom. The van der Waals surface area contributed by atoms with Crippen LogP contribution in [0.1, 0.15) is 24.8 Å². The maximum absolute atomic E-state index is 12.3. The Balaban J connectivity index is 1.53. The molecule has 0 spiro atoms. The number of amides is 2. The molecule has 138 valence electrons. The summed E-state index contributed by atoms with van der Waals surface area (Å²) in [5, 5.41) is 3.44. The lowest BCUT2D eigenvalue weighted by molar-refractivity contribution is -0.138. The molecule has 2 amide bonds. The smallest absolute Gasteiger partial charge is 0.382 e. The number of rotatable bonds is 4. The molecule has 2 heterocycles. The zero-order valence-corrected chi connectivity index (χ0v) is 14.0. The molecule has 0 radical (unpaired) electrons. The first-order valence-corrected chi connectivity index (χ1v) is 8.57. The van der Waals surface area contributed by atoms with Gasteiger partial charge in [0.25, 0.3) is 0 Å². The number of carbonyl (C=O) groups is 1. The van der Waals surface area contributed by atoms with E-state index < -0.39 is 18.6 Å². The fourth-order valence-electron chi connectivity index (χ4n) is 3.52. The summed E-state index contributed by atoms with van der Waals surface area (Å²) in [6.07, 6.45) is -2.44.